The van der Waals surface area contributed by atoms with Gasteiger partial charge in [-0.1, -0.05) is 18.2 Å². The molecule has 1 aromatic heterocycles. The maximum absolute atomic E-state index is 13.4. The van der Waals surface area contributed by atoms with Crippen molar-refractivity contribution in [3.63, 3.8) is 0 Å². The lowest BCUT2D eigenvalue weighted by Crippen LogP contribution is -2.39. The summed E-state index contributed by atoms with van der Waals surface area (Å²) in [5.74, 6) is -0.206. The van der Waals surface area contributed by atoms with Gasteiger partial charge in [0.05, 0.1) is 17.9 Å². The predicted octanol–water partition coefficient (Wildman–Crippen LogP) is 3.36. The van der Waals surface area contributed by atoms with Crippen LogP contribution >= 0.6 is 0 Å². The van der Waals surface area contributed by atoms with Gasteiger partial charge in [-0.05, 0) is 75.4 Å². The molecule has 1 saturated carbocycles. The molecular weight excluding hydrogens is 562 g/mol. The first kappa shape index (κ1) is 30.9. The highest BCUT2D eigenvalue weighted by Gasteiger charge is 2.25. The zero-order valence-electron chi connectivity index (χ0n) is 25.1. The van der Waals surface area contributed by atoms with Crippen molar-refractivity contribution >= 4 is 51.8 Å². The van der Waals surface area contributed by atoms with Gasteiger partial charge in [0.1, 0.15) is 5.58 Å². The number of rotatable bonds is 9. The van der Waals surface area contributed by atoms with Gasteiger partial charge in [-0.25, -0.2) is 4.79 Å². The summed E-state index contributed by atoms with van der Waals surface area (Å²) in [6.45, 7) is 3.29. The molecule has 3 aromatic rings. The Labute approximate surface area is 256 Å². The van der Waals surface area contributed by atoms with Crippen molar-refractivity contribution in [3.05, 3.63) is 54.3 Å². The maximum Gasteiger partial charge on any atom is 0.319 e. The van der Waals surface area contributed by atoms with Crippen LogP contribution in [-0.2, 0) is 9.59 Å². The lowest BCUT2D eigenvalue weighted by Gasteiger charge is -2.27. The van der Waals surface area contributed by atoms with E-state index in [1.54, 1.807) is 25.2 Å². The van der Waals surface area contributed by atoms with Gasteiger partial charge in [0, 0.05) is 49.7 Å². The first-order chi connectivity index (χ1) is 21.3. The molecule has 1 aliphatic heterocycles. The normalized spacial score (nSPS) is 18.8. The van der Waals surface area contributed by atoms with Gasteiger partial charge in [-0.3, -0.25) is 14.4 Å². The summed E-state index contributed by atoms with van der Waals surface area (Å²) < 4.78 is 5.79. The molecule has 0 spiro atoms. The van der Waals surface area contributed by atoms with E-state index in [0.717, 1.165) is 43.2 Å². The third kappa shape index (κ3) is 7.67. The number of benzene rings is 2. The number of anilines is 3. The molecule has 1 aliphatic carbocycles. The van der Waals surface area contributed by atoms with Crippen LogP contribution in [0.2, 0.25) is 0 Å². The van der Waals surface area contributed by atoms with E-state index in [9.17, 15) is 19.2 Å². The Morgan fingerprint density at radius 3 is 2.48 bits per heavy atom. The highest BCUT2D eigenvalue weighted by atomic mass is 16.3. The quantitative estimate of drug-likeness (QED) is 0.251. The summed E-state index contributed by atoms with van der Waals surface area (Å²) >= 11 is 0. The van der Waals surface area contributed by atoms with Crippen LogP contribution in [0.25, 0.3) is 11.0 Å². The largest absolute Gasteiger partial charge is 0.451 e. The Balaban J connectivity index is 1.29. The topological polar surface area (TPSA) is 162 Å². The van der Waals surface area contributed by atoms with E-state index in [1.165, 1.54) is 0 Å². The first-order valence-corrected chi connectivity index (χ1v) is 15.3. The fourth-order valence-electron chi connectivity index (χ4n) is 6.00. The highest BCUT2D eigenvalue weighted by molar-refractivity contribution is 6.07. The minimum absolute atomic E-state index is 0.0548. The highest BCUT2D eigenvalue weighted by Crippen LogP contribution is 2.32. The second-order valence-electron chi connectivity index (χ2n) is 11.5. The number of para-hydroxylation sites is 1. The molecular formula is C32H41N7O5. The molecule has 0 bridgehead atoms. The van der Waals surface area contributed by atoms with Crippen LogP contribution in [0, 0.1) is 11.8 Å². The molecule has 12 nitrogen and oxygen atoms in total. The van der Waals surface area contributed by atoms with E-state index in [0.29, 0.717) is 55.6 Å². The molecule has 5 rings (SSSR count). The van der Waals surface area contributed by atoms with Crippen molar-refractivity contribution in [3.8, 4) is 0 Å². The van der Waals surface area contributed by atoms with Crippen molar-refractivity contribution < 1.29 is 23.6 Å². The minimum Gasteiger partial charge on any atom is -0.451 e. The number of nitrogens with zero attached hydrogens (tertiary/aromatic N) is 2. The van der Waals surface area contributed by atoms with E-state index in [-0.39, 0.29) is 36.1 Å². The molecule has 0 unspecified atom stereocenters. The minimum atomic E-state index is -0.406. The Hall–Kier alpha value is -4.58. The van der Waals surface area contributed by atoms with Gasteiger partial charge in [-0.2, -0.15) is 0 Å². The standard InChI is InChI=1S/C32H41N7O5/c1-34-20-29(40)39-14-4-13-38(15-16-39)26-12-11-24(36-32(43)35-19-21-7-9-22(10-8-21)30(33)41)18-25(26)37-31(42)28-17-23-5-2-3-6-27(23)44-28/h2-3,5-6,11-12,17-18,21-22,34H,4,7-10,13-16,19-20H2,1H3,(H2,33,41)(H,37,42)(H2,35,36,43). The molecule has 2 aliphatic rings. The lowest BCUT2D eigenvalue weighted by atomic mass is 9.82. The lowest BCUT2D eigenvalue weighted by molar-refractivity contribution is -0.130. The summed E-state index contributed by atoms with van der Waals surface area (Å²) in [7, 11) is 1.76. The smallest absolute Gasteiger partial charge is 0.319 e. The number of carbonyl (C=O) groups excluding carboxylic acids is 4. The second kappa shape index (κ2) is 14.3. The summed E-state index contributed by atoms with van der Waals surface area (Å²) in [5, 5.41) is 12.6. The third-order valence-corrected chi connectivity index (χ3v) is 8.47. The number of hydrogen-bond donors (Lipinski definition) is 5. The van der Waals surface area contributed by atoms with E-state index < -0.39 is 5.91 Å². The van der Waals surface area contributed by atoms with Crippen LogP contribution in [0.5, 0.6) is 0 Å². The van der Waals surface area contributed by atoms with Crippen LogP contribution in [0.1, 0.15) is 42.7 Å². The molecule has 2 fully saturated rings. The number of nitrogens with two attached hydrogens (primary N) is 1. The molecule has 12 heteroatoms. The van der Waals surface area contributed by atoms with Crippen molar-refractivity contribution in [2.45, 2.75) is 32.1 Å². The molecule has 0 atom stereocenters. The van der Waals surface area contributed by atoms with Gasteiger partial charge < -0.3 is 41.2 Å². The number of urea groups is 1. The molecule has 2 aromatic carbocycles. The van der Waals surface area contributed by atoms with E-state index in [1.807, 2.05) is 35.2 Å². The van der Waals surface area contributed by atoms with Crippen LogP contribution in [0.4, 0.5) is 21.9 Å². The van der Waals surface area contributed by atoms with Crippen LogP contribution in [0.3, 0.4) is 0 Å². The summed E-state index contributed by atoms with van der Waals surface area (Å²) in [5.41, 5.74) is 7.88. The average Bonchev–Trinajstić information content (AvgIpc) is 3.31. The first-order valence-electron chi connectivity index (χ1n) is 15.3. The van der Waals surface area contributed by atoms with Crippen LogP contribution < -0.4 is 31.9 Å². The third-order valence-electron chi connectivity index (χ3n) is 8.47. The van der Waals surface area contributed by atoms with Crippen molar-refractivity contribution in [1.29, 1.82) is 0 Å². The van der Waals surface area contributed by atoms with Gasteiger partial charge in [0.15, 0.2) is 5.76 Å². The Bertz CT molecular complexity index is 1460. The maximum atomic E-state index is 13.4. The van der Waals surface area contributed by atoms with Crippen LogP contribution in [-0.4, -0.2) is 75.0 Å². The molecule has 2 heterocycles. The zero-order chi connectivity index (χ0) is 31.1. The predicted molar refractivity (Wildman–Crippen MR) is 170 cm³/mol. The Kier molecular flexibility index (Phi) is 10.0. The van der Waals surface area contributed by atoms with E-state index in [4.69, 9.17) is 10.2 Å². The molecule has 0 radical (unpaired) electrons. The van der Waals surface area contributed by atoms with Crippen molar-refractivity contribution in [1.82, 2.24) is 15.5 Å². The van der Waals surface area contributed by atoms with Gasteiger partial charge in [0.25, 0.3) is 5.91 Å². The second-order valence-corrected chi connectivity index (χ2v) is 11.5. The number of primary amides is 1. The number of furan rings is 1. The molecule has 5 amide bonds. The number of carbonyl (C=O) groups is 4. The fraction of sp³-hybridized carbons (Fsp3) is 0.438. The summed E-state index contributed by atoms with van der Waals surface area (Å²) in [4.78, 5) is 54.1. The number of fused-ring (bicyclic) bond motifs is 1. The van der Waals surface area contributed by atoms with Crippen LogP contribution in [0.15, 0.2) is 52.9 Å². The monoisotopic (exact) mass is 603 g/mol. The van der Waals surface area contributed by atoms with E-state index >= 15 is 0 Å². The SMILES string of the molecule is CNCC(=O)N1CCCN(c2ccc(NC(=O)NCC3CCC(C(N)=O)CC3)cc2NC(=O)c2cc3ccccc3o2)CC1. The number of hydrogen-bond acceptors (Lipinski definition) is 7. The average molecular weight is 604 g/mol. The van der Waals surface area contributed by atoms with Gasteiger partial charge in [-0.15, -0.1) is 0 Å². The molecule has 234 valence electrons. The van der Waals surface area contributed by atoms with Gasteiger partial charge in [0.2, 0.25) is 11.8 Å². The molecule has 1 saturated heterocycles. The molecule has 6 N–H and O–H groups in total. The fourth-order valence-corrected chi connectivity index (χ4v) is 6.00. The molecule has 44 heavy (non-hydrogen) atoms. The van der Waals surface area contributed by atoms with Crippen molar-refractivity contribution in [2.24, 2.45) is 17.6 Å². The van der Waals surface area contributed by atoms with Gasteiger partial charge >= 0.3 is 6.03 Å². The number of amides is 5. The Morgan fingerprint density at radius 2 is 1.73 bits per heavy atom. The Morgan fingerprint density at radius 1 is 0.932 bits per heavy atom. The summed E-state index contributed by atoms with van der Waals surface area (Å²) in [6.07, 6.45) is 3.95. The zero-order valence-corrected chi connectivity index (χ0v) is 25.1. The van der Waals surface area contributed by atoms with Crippen molar-refractivity contribution in [2.75, 3.05) is 61.8 Å². The number of likely N-dealkylation sites (N-methyl/N-ethyl adjacent to an activating group) is 1. The summed E-state index contributed by atoms with van der Waals surface area (Å²) in [6, 6.07) is 14.2. The van der Waals surface area contributed by atoms with E-state index in [2.05, 4.69) is 26.2 Å². The number of nitrogens with one attached hydrogen (secondary N) is 4.